The number of carbonyl (C=O) groups excluding carboxylic acids is 2. The van der Waals surface area contributed by atoms with Crippen LogP contribution in [0.4, 0.5) is 23.7 Å². The van der Waals surface area contributed by atoms with Gasteiger partial charge in [-0.15, -0.1) is 0 Å². The quantitative estimate of drug-likeness (QED) is 0.417. The molecule has 3 amide bonds. The summed E-state index contributed by atoms with van der Waals surface area (Å²) in [5, 5.41) is 2.26. The van der Waals surface area contributed by atoms with E-state index in [1.54, 1.807) is 36.4 Å². The van der Waals surface area contributed by atoms with Gasteiger partial charge in [0.1, 0.15) is 18.3 Å². The Bertz CT molecular complexity index is 1360. The molecule has 0 unspecified atom stereocenters. The SMILES string of the molecule is COc1ccc(N(CC(F)(F)F)C(=O)[C@H](Cc2ccccc2)NC(=O)NS(=O)(=O)c2ccccc2C)cc1. The summed E-state index contributed by atoms with van der Waals surface area (Å²) >= 11 is 0. The van der Waals surface area contributed by atoms with Crippen molar-refractivity contribution in [3.63, 3.8) is 0 Å². The lowest BCUT2D eigenvalue weighted by Crippen LogP contribution is -2.54. The van der Waals surface area contributed by atoms with Gasteiger partial charge in [-0.2, -0.15) is 13.2 Å². The Labute approximate surface area is 218 Å². The van der Waals surface area contributed by atoms with Crippen LogP contribution in [0.1, 0.15) is 11.1 Å². The lowest BCUT2D eigenvalue weighted by Gasteiger charge is -2.29. The van der Waals surface area contributed by atoms with Crippen molar-refractivity contribution in [1.29, 1.82) is 0 Å². The van der Waals surface area contributed by atoms with Gasteiger partial charge in [-0.3, -0.25) is 4.79 Å². The molecule has 0 radical (unpaired) electrons. The van der Waals surface area contributed by atoms with Crippen molar-refractivity contribution in [2.45, 2.75) is 30.5 Å². The first-order valence-electron chi connectivity index (χ1n) is 11.3. The molecule has 0 heterocycles. The van der Waals surface area contributed by atoms with Crippen molar-refractivity contribution < 1.29 is 35.9 Å². The maximum atomic E-state index is 13.5. The van der Waals surface area contributed by atoms with E-state index in [1.165, 1.54) is 56.5 Å². The Morgan fingerprint density at radius 1 is 0.947 bits per heavy atom. The second-order valence-corrected chi connectivity index (χ2v) is 9.98. The van der Waals surface area contributed by atoms with Crippen LogP contribution in [-0.4, -0.2) is 46.2 Å². The predicted molar refractivity (Wildman–Crippen MR) is 135 cm³/mol. The molecule has 0 spiro atoms. The fourth-order valence-electron chi connectivity index (χ4n) is 3.70. The fraction of sp³-hybridized carbons (Fsp3) is 0.231. The molecule has 202 valence electrons. The molecule has 0 aliphatic rings. The number of rotatable bonds is 9. The molecule has 2 N–H and O–H groups in total. The molecule has 3 aromatic rings. The number of aryl methyl sites for hydroxylation is 1. The largest absolute Gasteiger partial charge is 0.497 e. The van der Waals surface area contributed by atoms with E-state index < -0.39 is 40.7 Å². The van der Waals surface area contributed by atoms with Gasteiger partial charge in [0.2, 0.25) is 5.91 Å². The van der Waals surface area contributed by atoms with Gasteiger partial charge < -0.3 is 15.0 Å². The van der Waals surface area contributed by atoms with E-state index in [9.17, 15) is 31.2 Å². The summed E-state index contributed by atoms with van der Waals surface area (Å²) in [5.41, 5.74) is 0.830. The number of nitrogens with one attached hydrogen (secondary N) is 2. The van der Waals surface area contributed by atoms with Gasteiger partial charge in [-0.25, -0.2) is 17.9 Å². The van der Waals surface area contributed by atoms with Gasteiger partial charge in [0, 0.05) is 12.1 Å². The van der Waals surface area contributed by atoms with Gasteiger partial charge in [0.25, 0.3) is 10.0 Å². The number of amides is 3. The third-order valence-corrected chi connectivity index (χ3v) is 6.97. The molecule has 0 aliphatic carbocycles. The van der Waals surface area contributed by atoms with Gasteiger partial charge in [-0.05, 0) is 48.4 Å². The number of ether oxygens (including phenoxy) is 1. The van der Waals surface area contributed by atoms with Crippen molar-refractivity contribution in [1.82, 2.24) is 10.0 Å². The molecule has 12 heteroatoms. The maximum absolute atomic E-state index is 13.5. The Balaban J connectivity index is 1.93. The number of hydrogen-bond donors (Lipinski definition) is 2. The van der Waals surface area contributed by atoms with Crippen molar-refractivity contribution in [3.05, 3.63) is 90.0 Å². The smallest absolute Gasteiger partial charge is 0.406 e. The monoisotopic (exact) mass is 549 g/mol. The number of nitrogens with zero attached hydrogens (tertiary/aromatic N) is 1. The van der Waals surface area contributed by atoms with Crippen molar-refractivity contribution in [3.8, 4) is 5.75 Å². The van der Waals surface area contributed by atoms with Crippen LogP contribution >= 0.6 is 0 Å². The first kappa shape index (κ1) is 28.5. The molecule has 0 bridgehead atoms. The van der Waals surface area contributed by atoms with Crippen molar-refractivity contribution in [2.24, 2.45) is 0 Å². The zero-order valence-corrected chi connectivity index (χ0v) is 21.3. The Morgan fingerprint density at radius 3 is 2.13 bits per heavy atom. The molecule has 0 aliphatic heterocycles. The van der Waals surface area contributed by atoms with Gasteiger partial charge in [0.05, 0.1) is 12.0 Å². The number of anilines is 1. The highest BCUT2D eigenvalue weighted by Crippen LogP contribution is 2.25. The minimum absolute atomic E-state index is 0.0825. The van der Waals surface area contributed by atoms with Crippen LogP contribution < -0.4 is 19.7 Å². The van der Waals surface area contributed by atoms with E-state index in [-0.39, 0.29) is 17.0 Å². The zero-order chi connectivity index (χ0) is 27.9. The molecular weight excluding hydrogens is 523 g/mol. The van der Waals surface area contributed by atoms with Crippen LogP contribution in [0.15, 0.2) is 83.8 Å². The lowest BCUT2D eigenvalue weighted by molar-refractivity contribution is -0.133. The molecule has 8 nitrogen and oxygen atoms in total. The molecule has 0 saturated heterocycles. The van der Waals surface area contributed by atoms with E-state index in [1.807, 2.05) is 4.72 Å². The first-order chi connectivity index (χ1) is 17.9. The van der Waals surface area contributed by atoms with E-state index in [4.69, 9.17) is 4.74 Å². The summed E-state index contributed by atoms with van der Waals surface area (Å²) in [7, 11) is -2.94. The van der Waals surface area contributed by atoms with Crippen molar-refractivity contribution >= 4 is 27.6 Å². The van der Waals surface area contributed by atoms with E-state index >= 15 is 0 Å². The second-order valence-electron chi connectivity index (χ2n) is 8.32. The number of benzene rings is 3. The van der Waals surface area contributed by atoms with Crippen LogP contribution in [0.25, 0.3) is 0 Å². The maximum Gasteiger partial charge on any atom is 0.406 e. The topological polar surface area (TPSA) is 105 Å². The van der Waals surface area contributed by atoms with E-state index in [0.717, 1.165) is 0 Å². The van der Waals surface area contributed by atoms with Gasteiger partial charge in [-0.1, -0.05) is 48.5 Å². The van der Waals surface area contributed by atoms with E-state index in [2.05, 4.69) is 5.32 Å². The molecule has 3 rings (SSSR count). The first-order valence-corrected chi connectivity index (χ1v) is 12.8. The number of hydrogen-bond acceptors (Lipinski definition) is 5. The lowest BCUT2D eigenvalue weighted by atomic mass is 10.0. The predicted octanol–water partition coefficient (Wildman–Crippen LogP) is 4.20. The highest BCUT2D eigenvalue weighted by atomic mass is 32.2. The third-order valence-electron chi connectivity index (χ3n) is 5.48. The normalized spacial score (nSPS) is 12.3. The van der Waals surface area contributed by atoms with Gasteiger partial charge in [0.15, 0.2) is 0 Å². The summed E-state index contributed by atoms with van der Waals surface area (Å²) in [6, 6.07) is 16.8. The molecule has 3 aromatic carbocycles. The minimum Gasteiger partial charge on any atom is -0.497 e. The highest BCUT2D eigenvalue weighted by molar-refractivity contribution is 7.90. The number of carbonyl (C=O) groups is 2. The standard InChI is InChI=1S/C26H26F3N3O5S/c1-18-8-6-7-11-23(18)38(35,36)31-25(34)30-22(16-19-9-4-3-5-10-19)24(33)32(17-26(27,28)29)20-12-14-21(37-2)15-13-20/h3-15,22H,16-17H2,1-2H3,(H2,30,31,34)/t22-/m0/s1. The van der Waals surface area contributed by atoms with E-state index in [0.29, 0.717) is 21.8 Å². The van der Waals surface area contributed by atoms with Gasteiger partial charge >= 0.3 is 12.2 Å². The molecule has 0 aromatic heterocycles. The summed E-state index contributed by atoms with van der Waals surface area (Å²) in [5.74, 6) is -0.715. The Morgan fingerprint density at radius 2 is 1.55 bits per heavy atom. The summed E-state index contributed by atoms with van der Waals surface area (Å²) in [6.07, 6.45) is -4.95. The molecule has 38 heavy (non-hydrogen) atoms. The Hall–Kier alpha value is -4.06. The van der Waals surface area contributed by atoms with Crippen LogP contribution in [-0.2, 0) is 21.2 Å². The molecular formula is C26H26F3N3O5S. The molecule has 0 fully saturated rings. The molecule has 0 saturated carbocycles. The number of halogens is 3. The minimum atomic E-state index is -4.76. The summed E-state index contributed by atoms with van der Waals surface area (Å²) < 4.78 is 72.9. The number of urea groups is 1. The van der Waals surface area contributed by atoms with Crippen LogP contribution in [0.3, 0.4) is 0 Å². The fourth-order valence-corrected chi connectivity index (χ4v) is 4.86. The van der Waals surface area contributed by atoms with Crippen LogP contribution in [0.2, 0.25) is 0 Å². The molecule has 1 atom stereocenters. The van der Waals surface area contributed by atoms with Crippen LogP contribution in [0.5, 0.6) is 5.75 Å². The number of alkyl halides is 3. The average Bonchev–Trinajstić information content (AvgIpc) is 2.86. The zero-order valence-electron chi connectivity index (χ0n) is 20.5. The summed E-state index contributed by atoms with van der Waals surface area (Å²) in [4.78, 5) is 26.6. The third kappa shape index (κ3) is 7.72. The highest BCUT2D eigenvalue weighted by Gasteiger charge is 2.37. The second kappa shape index (κ2) is 12.0. The van der Waals surface area contributed by atoms with Crippen LogP contribution in [0, 0.1) is 6.92 Å². The number of methoxy groups -OCH3 is 1. The number of sulfonamides is 1. The Kier molecular flexibility index (Phi) is 9.00. The van der Waals surface area contributed by atoms with Crippen molar-refractivity contribution in [2.75, 3.05) is 18.6 Å². The average molecular weight is 550 g/mol. The summed E-state index contributed by atoms with van der Waals surface area (Å²) in [6.45, 7) is -0.0909.